The predicted molar refractivity (Wildman–Crippen MR) is 71.8 cm³/mol. The molecule has 0 saturated heterocycles. The van der Waals surface area contributed by atoms with Gasteiger partial charge in [-0.25, -0.2) is 0 Å². The molecule has 0 bridgehead atoms. The van der Waals surface area contributed by atoms with Crippen molar-refractivity contribution in [1.82, 2.24) is 23.6 Å². The van der Waals surface area contributed by atoms with Crippen LogP contribution in [0.25, 0.3) is 5.65 Å². The van der Waals surface area contributed by atoms with Crippen molar-refractivity contribution in [2.24, 2.45) is 0 Å². The van der Waals surface area contributed by atoms with E-state index in [0.717, 1.165) is 0 Å². The highest BCUT2D eigenvalue weighted by atomic mass is 32.2. The van der Waals surface area contributed by atoms with E-state index in [-0.39, 0.29) is 0 Å². The van der Waals surface area contributed by atoms with Gasteiger partial charge in [0.25, 0.3) is 10.2 Å². The average molecular weight is 283 g/mol. The number of fused-ring (bicyclic) bond motifs is 1. The van der Waals surface area contributed by atoms with E-state index in [1.54, 1.807) is 24.4 Å². The fourth-order valence-electron chi connectivity index (χ4n) is 1.69. The van der Waals surface area contributed by atoms with E-state index in [1.807, 2.05) is 18.2 Å². The van der Waals surface area contributed by atoms with E-state index in [9.17, 15) is 8.42 Å². The van der Waals surface area contributed by atoms with Crippen molar-refractivity contribution in [2.45, 2.75) is 19.9 Å². The number of aromatic nitrogens is 3. The lowest BCUT2D eigenvalue weighted by Gasteiger charge is -2.18. The van der Waals surface area contributed by atoms with Gasteiger partial charge in [0, 0.05) is 19.8 Å². The van der Waals surface area contributed by atoms with E-state index in [2.05, 4.69) is 14.9 Å². The minimum atomic E-state index is -3.50. The summed E-state index contributed by atoms with van der Waals surface area (Å²) in [6.45, 7) is 3.92. The minimum Gasteiger partial charge on any atom is -0.285 e. The molecule has 0 saturated carbocycles. The second-order valence-electron chi connectivity index (χ2n) is 4.25. The Morgan fingerprint density at radius 3 is 2.84 bits per heavy atom. The standard InChI is InChI=1S/C11H17N5O2S/c1-4-15(3)19(17,18)14-9(2)11-13-12-10-7-5-6-8-16(10)11/h5-9,14H,4H2,1-3H3/t9-/m1/s1. The third-order valence-electron chi connectivity index (χ3n) is 2.91. The van der Waals surface area contributed by atoms with Crippen LogP contribution in [0.15, 0.2) is 24.4 Å². The van der Waals surface area contributed by atoms with E-state index >= 15 is 0 Å². The van der Waals surface area contributed by atoms with Gasteiger partial charge in [0.1, 0.15) is 0 Å². The molecule has 0 aliphatic carbocycles. The molecule has 0 amide bonds. The maximum absolute atomic E-state index is 12.0. The van der Waals surface area contributed by atoms with Gasteiger partial charge in [-0.1, -0.05) is 13.0 Å². The van der Waals surface area contributed by atoms with Crippen LogP contribution in [-0.4, -0.2) is 40.9 Å². The fraction of sp³-hybridized carbons (Fsp3) is 0.455. The Morgan fingerprint density at radius 2 is 2.16 bits per heavy atom. The predicted octanol–water partition coefficient (Wildman–Crippen LogP) is 0.576. The maximum Gasteiger partial charge on any atom is 0.279 e. The van der Waals surface area contributed by atoms with E-state index in [1.165, 1.54) is 11.4 Å². The largest absolute Gasteiger partial charge is 0.285 e. The molecule has 104 valence electrons. The molecule has 0 aliphatic rings. The maximum atomic E-state index is 12.0. The molecule has 8 heteroatoms. The molecule has 2 aromatic heterocycles. The molecule has 2 heterocycles. The number of rotatable bonds is 5. The summed E-state index contributed by atoms with van der Waals surface area (Å²) < 4.78 is 29.5. The molecule has 7 nitrogen and oxygen atoms in total. The van der Waals surface area contributed by atoms with E-state index in [4.69, 9.17) is 0 Å². The monoisotopic (exact) mass is 283 g/mol. The summed E-state index contributed by atoms with van der Waals surface area (Å²) in [4.78, 5) is 0. The molecule has 1 atom stereocenters. The Morgan fingerprint density at radius 1 is 1.42 bits per heavy atom. The Bertz CT molecular complexity index is 667. The molecule has 19 heavy (non-hydrogen) atoms. The van der Waals surface area contributed by atoms with Crippen molar-refractivity contribution in [3.8, 4) is 0 Å². The van der Waals surface area contributed by atoms with Crippen molar-refractivity contribution in [3.05, 3.63) is 30.2 Å². The zero-order valence-corrected chi connectivity index (χ0v) is 11.9. The van der Waals surface area contributed by atoms with Gasteiger partial charge in [0.05, 0.1) is 6.04 Å². The Hall–Kier alpha value is -1.51. The highest BCUT2D eigenvalue weighted by Crippen LogP contribution is 2.13. The molecule has 0 spiro atoms. The summed E-state index contributed by atoms with van der Waals surface area (Å²) in [6.07, 6.45) is 1.80. The summed E-state index contributed by atoms with van der Waals surface area (Å²) in [5.74, 6) is 0.559. The first kappa shape index (κ1) is 13.9. The number of pyridine rings is 1. The Labute approximate surface area is 112 Å². The number of hydrogen-bond donors (Lipinski definition) is 1. The van der Waals surface area contributed by atoms with Crippen LogP contribution in [-0.2, 0) is 10.2 Å². The lowest BCUT2D eigenvalue weighted by molar-refractivity contribution is 0.461. The molecule has 0 fully saturated rings. The van der Waals surface area contributed by atoms with Crippen molar-refractivity contribution in [2.75, 3.05) is 13.6 Å². The molecular weight excluding hydrogens is 266 g/mol. The van der Waals surface area contributed by atoms with Gasteiger partial charge in [-0.05, 0) is 19.1 Å². The molecule has 0 unspecified atom stereocenters. The van der Waals surface area contributed by atoms with Crippen LogP contribution in [0.3, 0.4) is 0 Å². The number of nitrogens with zero attached hydrogens (tertiary/aromatic N) is 4. The van der Waals surface area contributed by atoms with Crippen molar-refractivity contribution >= 4 is 15.9 Å². The van der Waals surface area contributed by atoms with E-state index < -0.39 is 16.3 Å². The minimum absolute atomic E-state index is 0.405. The summed E-state index contributed by atoms with van der Waals surface area (Å²) in [5, 5.41) is 8.03. The van der Waals surface area contributed by atoms with Gasteiger partial charge >= 0.3 is 0 Å². The second-order valence-corrected chi connectivity index (χ2v) is 6.05. The average Bonchev–Trinajstić information content (AvgIpc) is 2.81. The van der Waals surface area contributed by atoms with Crippen LogP contribution in [0.5, 0.6) is 0 Å². The fourth-order valence-corrected chi connectivity index (χ4v) is 2.76. The molecule has 2 rings (SSSR count). The molecule has 0 aromatic carbocycles. The second kappa shape index (κ2) is 5.24. The topological polar surface area (TPSA) is 79.6 Å². The zero-order chi connectivity index (χ0) is 14.0. The van der Waals surface area contributed by atoms with Gasteiger partial charge in [0.15, 0.2) is 11.5 Å². The molecule has 0 radical (unpaired) electrons. The summed E-state index contributed by atoms with van der Waals surface area (Å²) in [6, 6.07) is 5.05. The smallest absolute Gasteiger partial charge is 0.279 e. The highest BCUT2D eigenvalue weighted by molar-refractivity contribution is 7.87. The van der Waals surface area contributed by atoms with Crippen molar-refractivity contribution in [3.63, 3.8) is 0 Å². The first-order valence-electron chi connectivity index (χ1n) is 5.99. The first-order valence-corrected chi connectivity index (χ1v) is 7.43. The van der Waals surface area contributed by atoms with Crippen LogP contribution >= 0.6 is 0 Å². The van der Waals surface area contributed by atoms with Crippen LogP contribution in [0.1, 0.15) is 25.7 Å². The van der Waals surface area contributed by atoms with Gasteiger partial charge in [-0.15, -0.1) is 10.2 Å². The van der Waals surface area contributed by atoms with Gasteiger partial charge in [-0.2, -0.15) is 17.4 Å². The summed E-state index contributed by atoms with van der Waals surface area (Å²) >= 11 is 0. The Balaban J connectivity index is 2.28. The molecule has 0 aliphatic heterocycles. The first-order chi connectivity index (χ1) is 8.95. The van der Waals surface area contributed by atoms with E-state index in [0.29, 0.717) is 18.0 Å². The molecule has 1 N–H and O–H groups in total. The normalized spacial score (nSPS) is 14.1. The van der Waals surface area contributed by atoms with Gasteiger partial charge < -0.3 is 0 Å². The lowest BCUT2D eigenvalue weighted by Crippen LogP contribution is -2.39. The third kappa shape index (κ3) is 2.75. The summed E-state index contributed by atoms with van der Waals surface area (Å²) in [5.41, 5.74) is 0.687. The highest BCUT2D eigenvalue weighted by Gasteiger charge is 2.22. The van der Waals surface area contributed by atoms with Gasteiger partial charge in [0.2, 0.25) is 0 Å². The quantitative estimate of drug-likeness (QED) is 0.870. The Kier molecular flexibility index (Phi) is 3.83. The molecular formula is C11H17N5O2S. The number of nitrogens with one attached hydrogen (secondary N) is 1. The lowest BCUT2D eigenvalue weighted by atomic mass is 10.3. The third-order valence-corrected chi connectivity index (χ3v) is 4.64. The number of hydrogen-bond acceptors (Lipinski definition) is 4. The zero-order valence-electron chi connectivity index (χ0n) is 11.1. The van der Waals surface area contributed by atoms with Crippen molar-refractivity contribution < 1.29 is 8.42 Å². The summed E-state index contributed by atoms with van der Waals surface area (Å²) in [7, 11) is -1.98. The van der Waals surface area contributed by atoms with Crippen LogP contribution in [0.2, 0.25) is 0 Å². The van der Waals surface area contributed by atoms with Crippen LogP contribution in [0, 0.1) is 0 Å². The van der Waals surface area contributed by atoms with Crippen LogP contribution in [0.4, 0.5) is 0 Å². The SMILES string of the molecule is CCN(C)S(=O)(=O)N[C@H](C)c1nnc2ccccn12. The van der Waals surface area contributed by atoms with Crippen LogP contribution < -0.4 is 4.72 Å². The van der Waals surface area contributed by atoms with Crippen molar-refractivity contribution in [1.29, 1.82) is 0 Å². The molecule has 2 aromatic rings. The van der Waals surface area contributed by atoms with Gasteiger partial charge in [-0.3, -0.25) is 4.40 Å².